The second-order valence-corrected chi connectivity index (χ2v) is 6.49. The third kappa shape index (κ3) is 2.79. The van der Waals surface area contributed by atoms with Crippen molar-refractivity contribution >= 4 is 5.69 Å². The van der Waals surface area contributed by atoms with Gasteiger partial charge in [0.2, 0.25) is 0 Å². The molecule has 1 aromatic rings. The Bertz CT molecular complexity index is 437. The van der Waals surface area contributed by atoms with Gasteiger partial charge in [-0.05, 0) is 64.3 Å². The first-order chi connectivity index (χ1) is 8.99. The molecule has 1 atom stereocenters. The molecule has 0 bridgehead atoms. The monoisotopic (exact) mass is 260 g/mol. The summed E-state index contributed by atoms with van der Waals surface area (Å²) in [5.41, 5.74) is 4.64. The van der Waals surface area contributed by atoms with Gasteiger partial charge in [0, 0.05) is 17.8 Å². The van der Waals surface area contributed by atoms with Gasteiger partial charge < -0.3 is 10.2 Å². The van der Waals surface area contributed by atoms with Crippen LogP contribution in [0, 0.1) is 12.8 Å². The first-order valence-corrected chi connectivity index (χ1v) is 7.50. The molecule has 2 nitrogen and oxygen atoms in total. The van der Waals surface area contributed by atoms with Gasteiger partial charge in [-0.1, -0.05) is 25.1 Å². The van der Waals surface area contributed by atoms with Crippen LogP contribution in [0.2, 0.25) is 0 Å². The van der Waals surface area contributed by atoms with Gasteiger partial charge in [0.1, 0.15) is 0 Å². The molecule has 1 fully saturated rings. The lowest BCUT2D eigenvalue weighted by molar-refractivity contribution is 0.461. The Labute approximate surface area is 118 Å². The van der Waals surface area contributed by atoms with Crippen molar-refractivity contribution in [3.8, 4) is 0 Å². The van der Waals surface area contributed by atoms with Gasteiger partial charge in [0.15, 0.2) is 0 Å². The highest BCUT2D eigenvalue weighted by Gasteiger charge is 2.39. The van der Waals surface area contributed by atoms with Crippen LogP contribution in [-0.2, 0) is 6.42 Å². The van der Waals surface area contributed by atoms with Crippen molar-refractivity contribution in [2.75, 3.05) is 25.0 Å². The van der Waals surface area contributed by atoms with Gasteiger partial charge in [-0.3, -0.25) is 0 Å². The largest absolute Gasteiger partial charge is 0.366 e. The van der Waals surface area contributed by atoms with Crippen molar-refractivity contribution in [2.45, 2.75) is 46.1 Å². The molecule has 2 heteroatoms. The van der Waals surface area contributed by atoms with E-state index in [1.165, 1.54) is 29.8 Å². The lowest BCUT2D eigenvalue weighted by Crippen LogP contribution is -2.39. The highest BCUT2D eigenvalue weighted by Crippen LogP contribution is 2.39. The summed E-state index contributed by atoms with van der Waals surface area (Å²) in [7, 11) is 2.06. The standard InChI is InChI=1S/C17H28N2/c1-6-15-9-7-8-13(2)16(15)19-12-14(11-18-5)10-17(19,3)4/h7-9,14,18H,6,10-12H2,1-5H3. The molecule has 0 aromatic heterocycles. The van der Waals surface area contributed by atoms with E-state index >= 15 is 0 Å². The van der Waals surface area contributed by atoms with E-state index in [1.807, 2.05) is 0 Å². The van der Waals surface area contributed by atoms with E-state index in [-0.39, 0.29) is 5.54 Å². The summed E-state index contributed by atoms with van der Waals surface area (Å²) in [5, 5.41) is 3.34. The summed E-state index contributed by atoms with van der Waals surface area (Å²) in [5.74, 6) is 0.754. The smallest absolute Gasteiger partial charge is 0.0432 e. The van der Waals surface area contributed by atoms with Crippen molar-refractivity contribution in [3.63, 3.8) is 0 Å². The fourth-order valence-corrected chi connectivity index (χ4v) is 3.60. The SMILES string of the molecule is CCc1cccc(C)c1N1CC(CNC)CC1(C)C. The highest BCUT2D eigenvalue weighted by molar-refractivity contribution is 5.61. The predicted octanol–water partition coefficient (Wildman–Crippen LogP) is 3.38. The first-order valence-electron chi connectivity index (χ1n) is 7.50. The van der Waals surface area contributed by atoms with Crippen LogP contribution in [-0.4, -0.2) is 25.7 Å². The van der Waals surface area contributed by atoms with Crippen LogP contribution in [0.4, 0.5) is 5.69 Å². The van der Waals surface area contributed by atoms with Crippen molar-refractivity contribution < 1.29 is 0 Å². The second-order valence-electron chi connectivity index (χ2n) is 6.49. The average molecular weight is 260 g/mol. The van der Waals surface area contributed by atoms with E-state index in [0.717, 1.165) is 18.9 Å². The molecule has 0 spiro atoms. The molecule has 0 aliphatic carbocycles. The molecule has 1 saturated heterocycles. The molecular weight excluding hydrogens is 232 g/mol. The van der Waals surface area contributed by atoms with E-state index < -0.39 is 0 Å². The molecule has 0 radical (unpaired) electrons. The Morgan fingerprint density at radius 3 is 2.74 bits per heavy atom. The molecule has 1 heterocycles. The zero-order valence-corrected chi connectivity index (χ0v) is 13.1. The number of nitrogens with one attached hydrogen (secondary N) is 1. The maximum absolute atomic E-state index is 3.34. The maximum Gasteiger partial charge on any atom is 0.0432 e. The number of rotatable bonds is 4. The third-order valence-electron chi connectivity index (χ3n) is 4.42. The molecule has 0 amide bonds. The molecule has 106 valence electrons. The molecule has 2 rings (SSSR count). The molecule has 19 heavy (non-hydrogen) atoms. The molecular formula is C17H28N2. The quantitative estimate of drug-likeness (QED) is 0.893. The van der Waals surface area contributed by atoms with Crippen LogP contribution in [0.25, 0.3) is 0 Å². The van der Waals surface area contributed by atoms with Crippen LogP contribution < -0.4 is 10.2 Å². The van der Waals surface area contributed by atoms with E-state index in [0.29, 0.717) is 0 Å². The van der Waals surface area contributed by atoms with Crippen LogP contribution in [0.5, 0.6) is 0 Å². The number of benzene rings is 1. The van der Waals surface area contributed by atoms with E-state index in [2.05, 4.69) is 63.2 Å². The minimum absolute atomic E-state index is 0.261. The molecule has 1 aliphatic rings. The normalized spacial score (nSPS) is 21.9. The third-order valence-corrected chi connectivity index (χ3v) is 4.42. The maximum atomic E-state index is 3.34. The van der Waals surface area contributed by atoms with E-state index in [9.17, 15) is 0 Å². The average Bonchev–Trinajstić information content (AvgIpc) is 2.64. The van der Waals surface area contributed by atoms with Crippen LogP contribution >= 0.6 is 0 Å². The van der Waals surface area contributed by atoms with Crippen LogP contribution in [0.15, 0.2) is 18.2 Å². The number of anilines is 1. The molecule has 1 N–H and O–H groups in total. The number of hydrogen-bond donors (Lipinski definition) is 1. The first kappa shape index (κ1) is 14.4. The van der Waals surface area contributed by atoms with Gasteiger partial charge in [-0.2, -0.15) is 0 Å². The summed E-state index contributed by atoms with van der Waals surface area (Å²) in [6.45, 7) is 11.6. The fraction of sp³-hybridized carbons (Fsp3) is 0.647. The predicted molar refractivity (Wildman–Crippen MR) is 84.0 cm³/mol. The molecule has 0 saturated carbocycles. The Kier molecular flexibility index (Phi) is 4.19. The summed E-state index contributed by atoms with van der Waals surface area (Å²) < 4.78 is 0. The Balaban J connectivity index is 2.36. The zero-order valence-electron chi connectivity index (χ0n) is 13.1. The molecule has 1 unspecified atom stereocenters. The second kappa shape index (κ2) is 5.54. The number of para-hydroxylation sites is 1. The summed E-state index contributed by atoms with van der Waals surface area (Å²) >= 11 is 0. The minimum Gasteiger partial charge on any atom is -0.366 e. The van der Waals surface area contributed by atoms with Gasteiger partial charge >= 0.3 is 0 Å². The van der Waals surface area contributed by atoms with Crippen molar-refractivity contribution in [2.24, 2.45) is 5.92 Å². The van der Waals surface area contributed by atoms with Gasteiger partial charge in [0.05, 0.1) is 0 Å². The van der Waals surface area contributed by atoms with E-state index in [4.69, 9.17) is 0 Å². The zero-order chi connectivity index (χ0) is 14.0. The lowest BCUT2D eigenvalue weighted by Gasteiger charge is -2.36. The van der Waals surface area contributed by atoms with Crippen molar-refractivity contribution in [3.05, 3.63) is 29.3 Å². The Hall–Kier alpha value is -1.02. The summed E-state index contributed by atoms with van der Waals surface area (Å²) in [6.07, 6.45) is 2.38. The number of nitrogens with zero attached hydrogens (tertiary/aromatic N) is 1. The fourth-order valence-electron chi connectivity index (χ4n) is 3.60. The highest BCUT2D eigenvalue weighted by atomic mass is 15.2. The Morgan fingerprint density at radius 1 is 1.37 bits per heavy atom. The molecule has 1 aliphatic heterocycles. The minimum atomic E-state index is 0.261. The summed E-state index contributed by atoms with van der Waals surface area (Å²) in [4.78, 5) is 2.64. The van der Waals surface area contributed by atoms with Gasteiger partial charge in [-0.15, -0.1) is 0 Å². The van der Waals surface area contributed by atoms with Crippen LogP contribution in [0.1, 0.15) is 38.3 Å². The topological polar surface area (TPSA) is 15.3 Å². The van der Waals surface area contributed by atoms with Crippen molar-refractivity contribution in [1.82, 2.24) is 5.32 Å². The van der Waals surface area contributed by atoms with Gasteiger partial charge in [0.25, 0.3) is 0 Å². The summed E-state index contributed by atoms with van der Waals surface area (Å²) in [6, 6.07) is 6.71. The van der Waals surface area contributed by atoms with Gasteiger partial charge in [-0.25, -0.2) is 0 Å². The lowest BCUT2D eigenvalue weighted by atomic mass is 9.95. The van der Waals surface area contributed by atoms with E-state index in [1.54, 1.807) is 0 Å². The number of aryl methyl sites for hydroxylation is 2. The Morgan fingerprint density at radius 2 is 2.11 bits per heavy atom. The molecule has 1 aromatic carbocycles. The van der Waals surface area contributed by atoms with Crippen LogP contribution in [0.3, 0.4) is 0 Å². The number of hydrogen-bond acceptors (Lipinski definition) is 2. The van der Waals surface area contributed by atoms with Crippen molar-refractivity contribution in [1.29, 1.82) is 0 Å².